The first-order valence-corrected chi connectivity index (χ1v) is 19.7. The number of fused-ring (bicyclic) bond motifs is 2. The quantitative estimate of drug-likeness (QED) is 0.0736. The number of halogens is 4. The van der Waals surface area contributed by atoms with Crippen LogP contribution in [0.15, 0.2) is 84.9 Å². The van der Waals surface area contributed by atoms with Gasteiger partial charge in [-0.15, -0.1) is 0 Å². The second kappa shape index (κ2) is 18.9. The maximum Gasteiger partial charge on any atom is 0.342 e. The lowest BCUT2D eigenvalue weighted by molar-refractivity contribution is -0.0273. The van der Waals surface area contributed by atoms with Crippen molar-refractivity contribution < 1.29 is 27.8 Å². The van der Waals surface area contributed by atoms with Gasteiger partial charge in [0.25, 0.3) is 6.43 Å². The molecule has 4 aromatic carbocycles. The molecule has 0 amide bonds. The molecule has 0 spiro atoms. The molecule has 1 atom stereocenters. The molecule has 1 aliphatic heterocycles. The summed E-state index contributed by atoms with van der Waals surface area (Å²) < 4.78 is 45.0. The number of rotatable bonds is 11. The molecule has 2 N–H and O–H groups in total. The van der Waals surface area contributed by atoms with E-state index < -0.39 is 12.4 Å². The molecule has 12 nitrogen and oxygen atoms in total. The molecule has 58 heavy (non-hydrogen) atoms. The maximum atomic E-state index is 14.0. The highest BCUT2D eigenvalue weighted by Gasteiger charge is 2.26. The van der Waals surface area contributed by atoms with E-state index in [1.165, 1.54) is 15.7 Å². The van der Waals surface area contributed by atoms with Gasteiger partial charge in [-0.3, -0.25) is 4.57 Å². The Morgan fingerprint density at radius 2 is 1.67 bits per heavy atom. The first-order valence-electron chi connectivity index (χ1n) is 19.0. The molecule has 0 bridgehead atoms. The Kier molecular flexibility index (Phi) is 13.3. The van der Waals surface area contributed by atoms with Gasteiger partial charge in [0, 0.05) is 19.7 Å². The monoisotopic (exact) mass is 830 g/mol. The smallest absolute Gasteiger partial charge is 0.342 e. The van der Waals surface area contributed by atoms with Crippen LogP contribution in [0, 0.1) is 6.92 Å². The number of esters is 1. The Labute approximate surface area is 344 Å². The summed E-state index contributed by atoms with van der Waals surface area (Å²) in [5.41, 5.74) is 5.88. The fourth-order valence-electron chi connectivity index (χ4n) is 6.82. The summed E-state index contributed by atoms with van der Waals surface area (Å²) in [5.74, 6) is 0.0388. The van der Waals surface area contributed by atoms with Gasteiger partial charge in [-0.2, -0.15) is 15.0 Å². The number of ether oxygens (including phenoxy) is 3. The van der Waals surface area contributed by atoms with Crippen molar-refractivity contribution >= 4 is 63.5 Å². The number of carbonyl (C=O) groups is 1. The molecule has 2 aliphatic rings. The fourth-order valence-corrected chi connectivity index (χ4v) is 7.28. The van der Waals surface area contributed by atoms with Crippen LogP contribution in [0.3, 0.4) is 0 Å². The molecule has 2 aromatic heterocycles. The second-order valence-electron chi connectivity index (χ2n) is 13.5. The van der Waals surface area contributed by atoms with Crippen LogP contribution in [0.4, 0.5) is 32.1 Å². The Hall–Kier alpha value is -5.41. The summed E-state index contributed by atoms with van der Waals surface area (Å²) in [6, 6.07) is 26.0. The lowest BCUT2D eigenvalue weighted by Gasteiger charge is -2.29. The summed E-state index contributed by atoms with van der Waals surface area (Å²) in [5, 5.41) is 7.57. The van der Waals surface area contributed by atoms with Gasteiger partial charge in [0.1, 0.15) is 0 Å². The van der Waals surface area contributed by atoms with Gasteiger partial charge in [0.05, 0.1) is 57.3 Å². The van der Waals surface area contributed by atoms with E-state index in [1.54, 1.807) is 54.6 Å². The van der Waals surface area contributed by atoms with E-state index in [0.717, 1.165) is 24.8 Å². The van der Waals surface area contributed by atoms with Crippen LogP contribution in [0.5, 0.6) is 0 Å². The van der Waals surface area contributed by atoms with E-state index in [-0.39, 0.29) is 24.6 Å². The minimum absolute atomic E-state index is 0.0295. The van der Waals surface area contributed by atoms with Crippen LogP contribution < -0.4 is 15.5 Å². The predicted molar refractivity (Wildman–Crippen MR) is 221 cm³/mol. The number of morpholine rings is 1. The number of para-hydroxylation sites is 3. The van der Waals surface area contributed by atoms with Gasteiger partial charge in [0.15, 0.2) is 12.6 Å². The van der Waals surface area contributed by atoms with Crippen molar-refractivity contribution in [1.82, 2.24) is 24.5 Å². The molecule has 3 heterocycles. The number of imidazole rings is 1. The maximum absolute atomic E-state index is 14.0. The van der Waals surface area contributed by atoms with E-state index in [0.29, 0.717) is 82.8 Å². The number of benzene rings is 4. The first-order chi connectivity index (χ1) is 28.2. The van der Waals surface area contributed by atoms with Crippen molar-refractivity contribution in [3.63, 3.8) is 0 Å². The van der Waals surface area contributed by atoms with Crippen LogP contribution in [-0.2, 0) is 20.6 Å². The van der Waals surface area contributed by atoms with Gasteiger partial charge in [-0.1, -0.05) is 77.8 Å². The van der Waals surface area contributed by atoms with Crippen molar-refractivity contribution in [2.75, 3.05) is 55.2 Å². The molecule has 8 rings (SSSR count). The predicted octanol–water partition coefficient (Wildman–Crippen LogP) is 9.67. The van der Waals surface area contributed by atoms with Crippen LogP contribution >= 0.6 is 23.2 Å². The van der Waals surface area contributed by atoms with Crippen molar-refractivity contribution in [2.24, 2.45) is 0 Å². The van der Waals surface area contributed by atoms with Crippen molar-refractivity contribution in [1.29, 1.82) is 0 Å². The Bertz CT molecular complexity index is 2380. The third kappa shape index (κ3) is 9.31. The fraction of sp³-hybridized carbons (Fsp3) is 0.310. The molecular formula is C42H42Cl2F2N8O4. The lowest BCUT2D eigenvalue weighted by atomic mass is 9.88. The zero-order chi connectivity index (χ0) is 40.6. The highest BCUT2D eigenvalue weighted by atomic mass is 35.5. The molecule has 6 aromatic rings. The van der Waals surface area contributed by atoms with Crippen molar-refractivity contribution in [3.05, 3.63) is 123 Å². The van der Waals surface area contributed by atoms with Gasteiger partial charge in [-0.05, 0) is 80.1 Å². The number of hydrogen-bond donors (Lipinski definition) is 2. The molecular weight excluding hydrogens is 789 g/mol. The molecule has 1 aliphatic carbocycles. The molecule has 1 fully saturated rings. The summed E-state index contributed by atoms with van der Waals surface area (Å²) in [6.07, 6.45) is 0.230. The summed E-state index contributed by atoms with van der Waals surface area (Å²) >= 11 is 12.5. The van der Waals surface area contributed by atoms with Crippen LogP contribution in [0.2, 0.25) is 10.0 Å². The summed E-state index contributed by atoms with van der Waals surface area (Å²) in [6.45, 7) is 6.42. The van der Waals surface area contributed by atoms with E-state index in [2.05, 4.69) is 43.8 Å². The van der Waals surface area contributed by atoms with Gasteiger partial charge in [0.2, 0.25) is 17.8 Å². The van der Waals surface area contributed by atoms with Gasteiger partial charge in [-0.25, -0.2) is 18.6 Å². The van der Waals surface area contributed by atoms with Gasteiger partial charge >= 0.3 is 5.97 Å². The standard InChI is InChI=1S/C25H25F2N7O.C17H17Cl2NO3/c26-21(27)22-28-19-9-3-4-11-20(19)34(22)25-31-23(30-24(32-25)33-12-14-35-15-13-33)29-18-10-5-7-16-6-1-2-8-17(16)18;1-3-22-10-23-17(21)12-6-4-5-7-14(12)20-16-13(18)9-8-11(2)15(16)19/h1-4,6,8-9,11,18,21H,5,7,10,12-15H2,(H,29,30,31,32);4-9,20H,3,10H2,1-2H3/t18-;/m1./s1. The average Bonchev–Trinajstić information content (AvgIpc) is 3.65. The minimum Gasteiger partial charge on any atom is -0.435 e. The van der Waals surface area contributed by atoms with E-state index in [4.69, 9.17) is 42.4 Å². The van der Waals surface area contributed by atoms with Crippen LogP contribution in [0.1, 0.15) is 65.1 Å². The van der Waals surface area contributed by atoms with E-state index in [1.807, 2.05) is 30.9 Å². The largest absolute Gasteiger partial charge is 0.435 e. The second-order valence-corrected chi connectivity index (χ2v) is 14.3. The Morgan fingerprint density at radius 1 is 0.931 bits per heavy atom. The van der Waals surface area contributed by atoms with E-state index >= 15 is 0 Å². The number of nitrogens with zero attached hydrogens (tertiary/aromatic N) is 6. The zero-order valence-electron chi connectivity index (χ0n) is 31.9. The van der Waals surface area contributed by atoms with Crippen molar-refractivity contribution in [3.8, 4) is 5.95 Å². The number of alkyl halides is 2. The van der Waals surface area contributed by atoms with Crippen molar-refractivity contribution in [2.45, 2.75) is 45.6 Å². The first kappa shape index (κ1) is 40.8. The lowest BCUT2D eigenvalue weighted by Crippen LogP contribution is -2.37. The highest BCUT2D eigenvalue weighted by molar-refractivity contribution is 6.39. The van der Waals surface area contributed by atoms with E-state index in [9.17, 15) is 13.6 Å². The third-order valence-electron chi connectivity index (χ3n) is 9.73. The minimum atomic E-state index is -2.78. The normalized spacial score (nSPS) is 15.1. The topological polar surface area (TPSA) is 129 Å². The molecule has 0 unspecified atom stereocenters. The molecule has 0 saturated carbocycles. The third-order valence-corrected chi connectivity index (χ3v) is 10.5. The summed E-state index contributed by atoms with van der Waals surface area (Å²) in [7, 11) is 0. The average molecular weight is 832 g/mol. The van der Waals surface area contributed by atoms with Crippen LogP contribution in [-0.4, -0.2) is 70.2 Å². The molecule has 302 valence electrons. The summed E-state index contributed by atoms with van der Waals surface area (Å²) in [4.78, 5) is 32.3. The molecule has 0 radical (unpaired) electrons. The highest BCUT2D eigenvalue weighted by Crippen LogP contribution is 2.37. The zero-order valence-corrected chi connectivity index (χ0v) is 33.4. The number of anilines is 4. The Balaban J connectivity index is 0.000000194. The number of aromatic nitrogens is 5. The SMILES string of the molecule is CCOCOC(=O)c1ccccc1Nc1c(Cl)ccc(C)c1Cl.FC(F)c1nc2ccccc2n1-c1nc(N[C@@H]2CCCc3ccccc32)nc(N2CCOCC2)n1. The molecule has 1 saturated heterocycles. The molecule has 16 heteroatoms. The van der Waals surface area contributed by atoms with Crippen LogP contribution in [0.25, 0.3) is 17.0 Å². The number of aryl methyl sites for hydroxylation is 2. The number of hydrogen-bond acceptors (Lipinski definition) is 11. The number of nitrogens with one attached hydrogen (secondary N) is 2. The number of carbonyl (C=O) groups excluding carboxylic acids is 1. The van der Waals surface area contributed by atoms with Gasteiger partial charge < -0.3 is 29.7 Å². The Morgan fingerprint density at radius 3 is 2.48 bits per heavy atom.